The number of thioether (sulfide) groups is 1. The number of rotatable bonds is 2. The zero-order chi connectivity index (χ0) is 24.8. The summed E-state index contributed by atoms with van der Waals surface area (Å²) in [6.45, 7) is 13.8. The molecule has 0 saturated heterocycles. The van der Waals surface area contributed by atoms with Crippen molar-refractivity contribution in [3.8, 4) is 0 Å². The number of hydrogen-bond acceptors (Lipinski definition) is 7. The molecule has 2 rings (SSSR count). The van der Waals surface area contributed by atoms with Crippen molar-refractivity contribution in [2.45, 2.75) is 96.0 Å². The van der Waals surface area contributed by atoms with Crippen LogP contribution in [0, 0.1) is 12.8 Å². The number of aliphatic hydroxyl groups excluding tert-OH is 2. The summed E-state index contributed by atoms with van der Waals surface area (Å²) in [5, 5.41) is 24.5. The van der Waals surface area contributed by atoms with Crippen LogP contribution in [0.2, 0.25) is 0 Å². The standard InChI is InChI=1S/C26H39NO4S2/c1-16-9-8-10-17(2)25(30)19(4)33-26(6,7)23(28)14-24(29)31-22(12-11-16)18(3)13-21-15-32-20(5)27-21/h8,10-11,13,15,17,19,22-23,25,28,30H,9,12,14H2,1-7H3/t17-,19+,22-,23+,25-/m0/s1. The maximum absolute atomic E-state index is 12.8. The number of allylic oxidation sites excluding steroid dienone is 2. The monoisotopic (exact) mass is 493 g/mol. The Hall–Kier alpha value is -1.41. The minimum Gasteiger partial charge on any atom is -0.457 e. The van der Waals surface area contributed by atoms with Gasteiger partial charge in [0.05, 0.1) is 29.3 Å². The number of carbonyl (C=O) groups excluding carboxylic acids is 1. The van der Waals surface area contributed by atoms with Gasteiger partial charge in [-0.05, 0) is 52.7 Å². The summed E-state index contributed by atoms with van der Waals surface area (Å²) < 4.78 is 5.24. The molecule has 0 saturated carbocycles. The molecule has 2 heterocycles. The molecule has 0 fully saturated rings. The van der Waals surface area contributed by atoms with Crippen LogP contribution in [0.15, 0.2) is 34.8 Å². The molecule has 0 aliphatic carbocycles. The molecule has 33 heavy (non-hydrogen) atoms. The minimum absolute atomic E-state index is 0.00870. The lowest BCUT2D eigenvalue weighted by Crippen LogP contribution is -2.40. The topological polar surface area (TPSA) is 79.7 Å². The Bertz CT molecular complexity index is 887. The fourth-order valence-corrected chi connectivity index (χ4v) is 5.89. The maximum atomic E-state index is 12.8. The lowest BCUT2D eigenvalue weighted by molar-refractivity contribution is -0.149. The van der Waals surface area contributed by atoms with E-state index >= 15 is 0 Å². The first kappa shape index (κ1) is 27.8. The first-order valence-corrected chi connectivity index (χ1v) is 13.3. The van der Waals surface area contributed by atoms with Gasteiger partial charge in [0.1, 0.15) is 6.10 Å². The Morgan fingerprint density at radius 2 is 1.97 bits per heavy atom. The highest BCUT2D eigenvalue weighted by Gasteiger charge is 2.35. The number of aromatic nitrogens is 1. The number of cyclic esters (lactones) is 1. The Labute approximate surface area is 207 Å². The van der Waals surface area contributed by atoms with Gasteiger partial charge in [0.15, 0.2) is 0 Å². The first-order valence-electron chi connectivity index (χ1n) is 11.5. The SMILES string of the molecule is CC1=CC[C@@H](C(C)=Cc2csc(C)n2)OC(=O)C[C@@H](O)C(C)(C)S[C@H](C)[C@@H](O)[C@@H](C)C=CC1. The van der Waals surface area contributed by atoms with Crippen molar-refractivity contribution < 1.29 is 19.7 Å². The van der Waals surface area contributed by atoms with Crippen molar-refractivity contribution in [2.24, 2.45) is 5.92 Å². The second-order valence-electron chi connectivity index (χ2n) is 9.57. The predicted octanol–water partition coefficient (Wildman–Crippen LogP) is 5.71. The van der Waals surface area contributed by atoms with E-state index in [-0.39, 0.29) is 17.6 Å². The van der Waals surface area contributed by atoms with Gasteiger partial charge in [-0.25, -0.2) is 4.98 Å². The van der Waals surface area contributed by atoms with E-state index in [2.05, 4.69) is 30.1 Å². The molecular weight excluding hydrogens is 454 g/mol. The highest BCUT2D eigenvalue weighted by Crippen LogP contribution is 2.36. The molecule has 0 amide bonds. The lowest BCUT2D eigenvalue weighted by Gasteiger charge is -2.35. The molecule has 5 nitrogen and oxygen atoms in total. The Morgan fingerprint density at radius 3 is 2.61 bits per heavy atom. The summed E-state index contributed by atoms with van der Waals surface area (Å²) in [6.07, 6.45) is 7.57. The molecule has 5 atom stereocenters. The van der Waals surface area contributed by atoms with E-state index in [1.807, 2.05) is 53.0 Å². The Kier molecular flexibility index (Phi) is 10.4. The molecule has 0 radical (unpaired) electrons. The number of aryl methyl sites for hydroxylation is 1. The second-order valence-corrected chi connectivity index (χ2v) is 12.7. The Morgan fingerprint density at radius 1 is 1.27 bits per heavy atom. The molecule has 184 valence electrons. The summed E-state index contributed by atoms with van der Waals surface area (Å²) in [4.78, 5) is 17.3. The van der Waals surface area contributed by atoms with E-state index in [9.17, 15) is 15.0 Å². The lowest BCUT2D eigenvalue weighted by atomic mass is 10.00. The van der Waals surface area contributed by atoms with Crippen LogP contribution in [0.25, 0.3) is 6.08 Å². The third kappa shape index (κ3) is 8.71. The smallest absolute Gasteiger partial charge is 0.309 e. The van der Waals surface area contributed by atoms with Crippen LogP contribution in [0.3, 0.4) is 0 Å². The average molecular weight is 494 g/mol. The highest BCUT2D eigenvalue weighted by molar-refractivity contribution is 8.01. The van der Waals surface area contributed by atoms with Gasteiger partial charge in [-0.15, -0.1) is 23.1 Å². The predicted molar refractivity (Wildman–Crippen MR) is 139 cm³/mol. The van der Waals surface area contributed by atoms with Gasteiger partial charge in [0, 0.05) is 27.7 Å². The van der Waals surface area contributed by atoms with E-state index in [0.717, 1.165) is 22.7 Å². The summed E-state index contributed by atoms with van der Waals surface area (Å²) in [6, 6.07) is 0. The van der Waals surface area contributed by atoms with Crippen molar-refractivity contribution in [3.05, 3.63) is 45.5 Å². The molecule has 1 aromatic heterocycles. The number of ether oxygens (including phenoxy) is 1. The average Bonchev–Trinajstić information content (AvgIpc) is 3.13. The fraction of sp³-hybridized carbons (Fsp3) is 0.615. The summed E-state index contributed by atoms with van der Waals surface area (Å²) in [5.41, 5.74) is 2.95. The van der Waals surface area contributed by atoms with Crippen LogP contribution in [0.4, 0.5) is 0 Å². The summed E-state index contributed by atoms with van der Waals surface area (Å²) in [5.74, 6) is -0.436. The third-order valence-corrected chi connectivity index (χ3v) is 8.35. The molecule has 0 bridgehead atoms. The molecule has 2 N–H and O–H groups in total. The van der Waals surface area contributed by atoms with Crippen molar-refractivity contribution in [2.75, 3.05) is 0 Å². The van der Waals surface area contributed by atoms with E-state index < -0.39 is 29.0 Å². The van der Waals surface area contributed by atoms with E-state index in [4.69, 9.17) is 4.74 Å². The van der Waals surface area contributed by atoms with Gasteiger partial charge < -0.3 is 14.9 Å². The number of aliphatic hydroxyl groups is 2. The molecule has 0 aromatic carbocycles. The van der Waals surface area contributed by atoms with Crippen LogP contribution in [-0.4, -0.2) is 49.5 Å². The van der Waals surface area contributed by atoms with Crippen molar-refractivity contribution in [3.63, 3.8) is 0 Å². The number of hydrogen-bond donors (Lipinski definition) is 2. The van der Waals surface area contributed by atoms with Crippen LogP contribution in [0.5, 0.6) is 0 Å². The number of esters is 1. The summed E-state index contributed by atoms with van der Waals surface area (Å²) in [7, 11) is 0. The van der Waals surface area contributed by atoms with Gasteiger partial charge in [0.2, 0.25) is 0 Å². The zero-order valence-electron chi connectivity index (χ0n) is 20.9. The zero-order valence-corrected chi connectivity index (χ0v) is 22.5. The second kappa shape index (κ2) is 12.3. The molecule has 1 aromatic rings. The van der Waals surface area contributed by atoms with Crippen molar-refractivity contribution >= 4 is 35.1 Å². The molecule has 1 aliphatic rings. The number of thiazole rings is 1. The van der Waals surface area contributed by atoms with Crippen LogP contribution in [-0.2, 0) is 9.53 Å². The van der Waals surface area contributed by atoms with Crippen molar-refractivity contribution in [1.82, 2.24) is 4.98 Å². The van der Waals surface area contributed by atoms with Gasteiger partial charge in [-0.1, -0.05) is 37.6 Å². The maximum Gasteiger partial charge on any atom is 0.309 e. The molecular formula is C26H39NO4S2. The van der Waals surface area contributed by atoms with E-state index in [1.165, 1.54) is 17.3 Å². The van der Waals surface area contributed by atoms with E-state index in [1.54, 1.807) is 11.3 Å². The first-order chi connectivity index (χ1) is 15.4. The molecule has 1 aliphatic heterocycles. The molecule has 0 spiro atoms. The van der Waals surface area contributed by atoms with Gasteiger partial charge in [0.25, 0.3) is 0 Å². The van der Waals surface area contributed by atoms with Gasteiger partial charge in [-0.3, -0.25) is 4.79 Å². The van der Waals surface area contributed by atoms with Crippen LogP contribution < -0.4 is 0 Å². The highest BCUT2D eigenvalue weighted by atomic mass is 32.2. The molecule has 7 heteroatoms. The van der Waals surface area contributed by atoms with Gasteiger partial charge >= 0.3 is 5.97 Å². The Balaban J connectivity index is 2.31. The summed E-state index contributed by atoms with van der Waals surface area (Å²) >= 11 is 3.08. The van der Waals surface area contributed by atoms with E-state index in [0.29, 0.717) is 6.42 Å². The third-order valence-electron chi connectivity index (χ3n) is 6.03. The molecule has 0 unspecified atom stereocenters. The largest absolute Gasteiger partial charge is 0.457 e. The van der Waals surface area contributed by atoms with Crippen molar-refractivity contribution in [1.29, 1.82) is 0 Å². The van der Waals surface area contributed by atoms with Crippen LogP contribution >= 0.6 is 23.1 Å². The number of nitrogens with zero attached hydrogens (tertiary/aromatic N) is 1. The normalized spacial score (nSPS) is 30.6. The van der Waals surface area contributed by atoms with Gasteiger partial charge in [-0.2, -0.15) is 0 Å². The fourth-order valence-electron chi connectivity index (χ4n) is 3.74. The quantitative estimate of drug-likeness (QED) is 0.406. The minimum atomic E-state index is -0.896. The number of carbonyl (C=O) groups is 1. The van der Waals surface area contributed by atoms with Crippen LogP contribution in [0.1, 0.15) is 71.5 Å².